The molecule has 14 heteroatoms. The molecule has 2 saturated carbocycles. The van der Waals surface area contributed by atoms with Gasteiger partial charge in [0, 0.05) is 12.1 Å². The number of methoxy groups -OCH3 is 2. The molecule has 0 spiro atoms. The molecule has 14 nitrogen and oxygen atoms in total. The molecular formula is C56H64N8O6. The largest absolute Gasteiger partial charge is 0.453 e. The Morgan fingerprint density at radius 2 is 1.00 bits per heavy atom. The maximum atomic E-state index is 14.2. The van der Waals surface area contributed by atoms with E-state index in [0.29, 0.717) is 11.8 Å². The molecule has 6 aliphatic carbocycles. The van der Waals surface area contributed by atoms with E-state index >= 15 is 0 Å². The first-order valence-electron chi connectivity index (χ1n) is 25.4. The SMILES string of the molecule is COC(=O)NC(C(=O)N1C2CCC(C2)[C@H]1c1nc2cc(-c3cc4ccc3CCc3ccc(c(-c5ccc6[nH]c([C@@H]7C8CCC(C8)N7C(=O)C(NC(=O)OC)C(C)C)nc6c5)c3)CC4)ccc2[nH]1)C(C)C. The standard InChI is InChI=1S/C56H64N8O6/c1-29(2)47(61-55(67)69-5)53(65)63-39-19-15-37(25-39)49(63)51-57-43-21-17-35(27-45(43)59-51)41-23-31-7-11-33(41)13-9-32-8-12-34(14-10-31)42(24-32)36-18-22-44-46(28-36)60-52(58-44)50-38-16-20-40(26-38)64(50)54(66)48(30(3)4)62-56(68)70-6/h7-8,11-12,17-18,21-24,27-30,37-40,47-50H,9-10,13-16,19-20,25-26H2,1-6H3,(H,57,59)(H,58,60)(H,61,67)(H,62,68)/t37?,38?,39?,40?,47?,48?,49-,50-/m0/s1. The van der Waals surface area contributed by atoms with Crippen LogP contribution >= 0.6 is 0 Å². The van der Waals surface area contributed by atoms with Crippen LogP contribution in [-0.2, 0) is 44.7 Å². The highest BCUT2D eigenvalue weighted by Crippen LogP contribution is 2.52. The van der Waals surface area contributed by atoms with Gasteiger partial charge in [-0.15, -0.1) is 0 Å². The van der Waals surface area contributed by atoms with Crippen LogP contribution in [0.2, 0.25) is 0 Å². The third kappa shape index (κ3) is 8.16. The number of carbonyl (C=O) groups excluding carboxylic acids is 4. The Labute approximate surface area is 408 Å². The van der Waals surface area contributed by atoms with Crippen molar-refractivity contribution in [1.29, 1.82) is 0 Å². The van der Waals surface area contributed by atoms with E-state index in [1.165, 1.54) is 47.6 Å². The van der Waals surface area contributed by atoms with E-state index in [1.807, 2.05) is 37.5 Å². The maximum absolute atomic E-state index is 14.2. The minimum absolute atomic E-state index is 0.0790. The average Bonchev–Trinajstić information content (AvgIpc) is 4.24. The molecule has 2 aromatic heterocycles. The quantitative estimate of drug-likeness (QED) is 0.105. The molecule has 364 valence electrons. The topological polar surface area (TPSA) is 175 Å². The van der Waals surface area contributed by atoms with Gasteiger partial charge in [0.25, 0.3) is 0 Å². The first-order valence-corrected chi connectivity index (χ1v) is 25.4. The zero-order valence-corrected chi connectivity index (χ0v) is 41.0. The van der Waals surface area contributed by atoms with Crippen LogP contribution in [0.4, 0.5) is 9.59 Å². The Kier molecular flexibility index (Phi) is 11.9. The van der Waals surface area contributed by atoms with Crippen molar-refractivity contribution in [3.63, 3.8) is 0 Å². The Hall–Kier alpha value is -6.70. The number of benzene rings is 4. The number of imidazole rings is 2. The molecule has 6 aromatic rings. The lowest BCUT2D eigenvalue weighted by Crippen LogP contribution is -2.54. The van der Waals surface area contributed by atoms with Crippen LogP contribution in [0.3, 0.4) is 0 Å². The zero-order valence-electron chi connectivity index (χ0n) is 41.0. The summed E-state index contributed by atoms with van der Waals surface area (Å²) in [5.41, 5.74) is 13.4. The number of aromatic nitrogens is 4. The summed E-state index contributed by atoms with van der Waals surface area (Å²) in [5, 5.41) is 5.60. The number of amides is 4. The fraction of sp³-hybridized carbons (Fsp3) is 0.464. The van der Waals surface area contributed by atoms with E-state index in [9.17, 15) is 19.2 Å². The van der Waals surface area contributed by atoms with Crippen molar-refractivity contribution >= 4 is 46.1 Å². The van der Waals surface area contributed by atoms with E-state index in [1.54, 1.807) is 0 Å². The van der Waals surface area contributed by atoms with E-state index in [4.69, 9.17) is 19.4 Å². The van der Waals surface area contributed by atoms with Gasteiger partial charge >= 0.3 is 12.2 Å². The predicted octanol–water partition coefficient (Wildman–Crippen LogP) is 9.52. The Morgan fingerprint density at radius 3 is 1.40 bits per heavy atom. The lowest BCUT2D eigenvalue weighted by Gasteiger charge is -2.37. The lowest BCUT2D eigenvalue weighted by molar-refractivity contribution is -0.140. The fourth-order valence-electron chi connectivity index (χ4n) is 12.8. The van der Waals surface area contributed by atoms with Gasteiger partial charge in [-0.1, -0.05) is 76.2 Å². The number of H-pyrrole nitrogens is 2. The number of fused-ring (bicyclic) bond motifs is 6. The van der Waals surface area contributed by atoms with Gasteiger partial charge in [-0.25, -0.2) is 19.6 Å². The van der Waals surface area contributed by atoms with Crippen molar-refractivity contribution in [3.8, 4) is 22.3 Å². The number of rotatable bonds is 10. The third-order valence-corrected chi connectivity index (χ3v) is 16.4. The van der Waals surface area contributed by atoms with E-state index in [-0.39, 0.29) is 47.8 Å². The van der Waals surface area contributed by atoms with Crippen LogP contribution in [-0.4, -0.2) is 92.1 Å². The van der Waals surface area contributed by atoms with Crippen molar-refractivity contribution in [2.45, 2.75) is 128 Å². The summed E-state index contributed by atoms with van der Waals surface area (Å²) in [4.78, 5) is 74.6. The van der Waals surface area contributed by atoms with Gasteiger partial charge < -0.3 is 39.9 Å². The monoisotopic (exact) mass is 944 g/mol. The minimum atomic E-state index is -0.686. The second-order valence-electron chi connectivity index (χ2n) is 21.2. The highest BCUT2D eigenvalue weighted by Gasteiger charge is 2.53. The molecule has 2 saturated heterocycles. The summed E-state index contributed by atoms with van der Waals surface area (Å²) in [7, 11) is 2.64. The molecule has 4 amide bonds. The van der Waals surface area contributed by atoms with Crippen molar-refractivity contribution in [1.82, 2.24) is 40.4 Å². The number of hydrogen-bond acceptors (Lipinski definition) is 8. The molecular weight excluding hydrogens is 881 g/mol. The minimum Gasteiger partial charge on any atom is -0.453 e. The van der Waals surface area contributed by atoms with Crippen LogP contribution < -0.4 is 10.6 Å². The highest BCUT2D eigenvalue weighted by atomic mass is 16.5. The van der Waals surface area contributed by atoms with Gasteiger partial charge in [-0.2, -0.15) is 0 Å². The van der Waals surface area contributed by atoms with Gasteiger partial charge in [0.05, 0.1) is 48.4 Å². The summed E-state index contributed by atoms with van der Waals surface area (Å²) < 4.78 is 9.77. The third-order valence-electron chi connectivity index (χ3n) is 16.4. The van der Waals surface area contributed by atoms with E-state index in [0.717, 1.165) is 109 Å². The molecule has 70 heavy (non-hydrogen) atoms. The summed E-state index contributed by atoms with van der Waals surface area (Å²) >= 11 is 0. The molecule has 4 N–H and O–H groups in total. The average molecular weight is 945 g/mol. The van der Waals surface area contributed by atoms with Gasteiger partial charge in [-0.3, -0.25) is 9.59 Å². The second-order valence-corrected chi connectivity index (χ2v) is 21.2. The van der Waals surface area contributed by atoms with Crippen LogP contribution in [0.15, 0.2) is 72.8 Å². The van der Waals surface area contributed by atoms with Crippen LogP contribution in [0.1, 0.15) is 112 Å². The van der Waals surface area contributed by atoms with Gasteiger partial charge in [-0.05, 0) is 157 Å². The zero-order chi connectivity index (χ0) is 48.5. The lowest BCUT2D eigenvalue weighted by atomic mass is 9.87. The number of nitrogens with zero attached hydrogens (tertiary/aromatic N) is 4. The molecule has 8 aliphatic rings. The second kappa shape index (κ2) is 18.2. The summed E-state index contributed by atoms with van der Waals surface area (Å²) in [5.74, 6) is 1.86. The molecule has 4 aromatic carbocycles. The molecule has 4 heterocycles. The van der Waals surface area contributed by atoms with Crippen LogP contribution in [0.25, 0.3) is 44.3 Å². The van der Waals surface area contributed by atoms with Crippen molar-refractivity contribution in [2.24, 2.45) is 23.7 Å². The number of alkyl carbamates (subject to hydrolysis) is 2. The predicted molar refractivity (Wildman–Crippen MR) is 268 cm³/mol. The molecule has 2 aliphatic heterocycles. The van der Waals surface area contributed by atoms with E-state index in [2.05, 4.69) is 93.4 Å². The summed E-state index contributed by atoms with van der Waals surface area (Å²) in [6, 6.07) is 25.4. The van der Waals surface area contributed by atoms with Crippen molar-refractivity contribution in [3.05, 3.63) is 107 Å². The number of hydrogen-bond donors (Lipinski definition) is 4. The molecule has 14 rings (SSSR count). The van der Waals surface area contributed by atoms with Crippen molar-refractivity contribution in [2.75, 3.05) is 14.2 Å². The number of carbonyl (C=O) groups is 4. The molecule has 8 bridgehead atoms. The fourth-order valence-corrected chi connectivity index (χ4v) is 12.8. The molecule has 6 unspecified atom stereocenters. The Morgan fingerprint density at radius 1 is 0.571 bits per heavy atom. The Balaban J connectivity index is 0.843. The van der Waals surface area contributed by atoms with Gasteiger partial charge in [0.1, 0.15) is 23.7 Å². The molecule has 8 atom stereocenters. The molecule has 0 radical (unpaired) electrons. The normalized spacial score (nSPS) is 23.3. The highest BCUT2D eigenvalue weighted by molar-refractivity contribution is 5.89. The summed E-state index contributed by atoms with van der Waals surface area (Å²) in [6.45, 7) is 7.79. The van der Waals surface area contributed by atoms with Crippen LogP contribution in [0.5, 0.6) is 0 Å². The smallest absolute Gasteiger partial charge is 0.407 e. The van der Waals surface area contributed by atoms with E-state index < -0.39 is 24.3 Å². The van der Waals surface area contributed by atoms with Gasteiger partial charge in [0.15, 0.2) is 0 Å². The number of ether oxygens (including phenoxy) is 2. The first kappa shape index (κ1) is 45.7. The summed E-state index contributed by atoms with van der Waals surface area (Å²) in [6.07, 6.45) is 8.15. The number of aryl methyl sites for hydroxylation is 4. The van der Waals surface area contributed by atoms with Crippen LogP contribution in [0, 0.1) is 23.7 Å². The number of aromatic amines is 2. The molecule has 4 fully saturated rings. The van der Waals surface area contributed by atoms with Gasteiger partial charge in [0.2, 0.25) is 11.8 Å². The Bertz CT molecular complexity index is 2830. The number of likely N-dealkylation sites (tertiary alicyclic amines) is 2. The maximum Gasteiger partial charge on any atom is 0.407 e. The van der Waals surface area contributed by atoms with Crippen molar-refractivity contribution < 1.29 is 28.7 Å². The first-order chi connectivity index (χ1) is 33.8. The number of piperidine rings is 2. The number of nitrogens with one attached hydrogen (secondary N) is 4.